The molecular weight excluding hydrogens is 310 g/mol. The number of fused-ring (bicyclic) bond motifs is 1. The number of aryl methyl sites for hydroxylation is 1. The molecule has 0 bridgehead atoms. The number of aldehydes is 1. The van der Waals surface area contributed by atoms with Crippen molar-refractivity contribution in [3.63, 3.8) is 0 Å². The Morgan fingerprint density at radius 3 is 2.92 bits per heavy atom. The van der Waals surface area contributed by atoms with Gasteiger partial charge >= 0.3 is 0 Å². The van der Waals surface area contributed by atoms with Crippen LogP contribution in [0.4, 0.5) is 0 Å². The molecule has 0 spiro atoms. The van der Waals surface area contributed by atoms with Gasteiger partial charge in [-0.2, -0.15) is 0 Å². The second-order valence-electron chi connectivity index (χ2n) is 6.38. The first kappa shape index (κ1) is 15.8. The average Bonchev–Trinajstić information content (AvgIpc) is 3.12. The van der Waals surface area contributed by atoms with Crippen LogP contribution >= 0.6 is 0 Å². The van der Waals surface area contributed by atoms with Gasteiger partial charge in [0, 0.05) is 46.2 Å². The Bertz CT molecular complexity index is 968. The summed E-state index contributed by atoms with van der Waals surface area (Å²) in [7, 11) is 0. The van der Waals surface area contributed by atoms with Crippen LogP contribution in [0, 0.1) is 0 Å². The van der Waals surface area contributed by atoms with E-state index >= 15 is 0 Å². The van der Waals surface area contributed by atoms with Gasteiger partial charge in [0.1, 0.15) is 6.29 Å². The van der Waals surface area contributed by atoms with Gasteiger partial charge in [-0.05, 0) is 49.2 Å². The molecule has 25 heavy (non-hydrogen) atoms. The molecule has 3 heterocycles. The maximum atomic E-state index is 11.4. The highest BCUT2D eigenvalue weighted by atomic mass is 16.1. The third-order valence-electron chi connectivity index (χ3n) is 4.78. The van der Waals surface area contributed by atoms with Crippen molar-refractivity contribution in [2.45, 2.75) is 19.8 Å². The monoisotopic (exact) mass is 331 g/mol. The van der Waals surface area contributed by atoms with Gasteiger partial charge in [0.05, 0.1) is 5.52 Å². The molecule has 0 aliphatic carbocycles. The van der Waals surface area contributed by atoms with Crippen molar-refractivity contribution in [1.29, 1.82) is 0 Å². The highest BCUT2D eigenvalue weighted by Crippen LogP contribution is 2.33. The highest BCUT2D eigenvalue weighted by Gasteiger charge is 2.15. The maximum Gasteiger partial charge on any atom is 0.150 e. The molecular formula is C21H21N3O. The third kappa shape index (κ3) is 2.89. The number of nitrogens with zero attached hydrogens (tertiary/aromatic N) is 1. The Balaban J connectivity index is 1.95. The number of benzene rings is 1. The van der Waals surface area contributed by atoms with Crippen LogP contribution in [-0.2, 0) is 6.42 Å². The topological polar surface area (TPSA) is 57.8 Å². The summed E-state index contributed by atoms with van der Waals surface area (Å²) in [5.41, 5.74) is 7.32. The molecule has 0 unspecified atom stereocenters. The van der Waals surface area contributed by atoms with Crippen LogP contribution in [0.1, 0.15) is 35.1 Å². The van der Waals surface area contributed by atoms with Crippen molar-refractivity contribution in [2.24, 2.45) is 0 Å². The van der Waals surface area contributed by atoms with Gasteiger partial charge < -0.3 is 10.3 Å². The molecule has 0 amide bonds. The summed E-state index contributed by atoms with van der Waals surface area (Å²) in [6.07, 6.45) is 6.91. The van der Waals surface area contributed by atoms with Gasteiger partial charge in [0.2, 0.25) is 0 Å². The Morgan fingerprint density at radius 1 is 1.24 bits per heavy atom. The van der Waals surface area contributed by atoms with E-state index in [2.05, 4.69) is 40.4 Å². The van der Waals surface area contributed by atoms with E-state index in [1.807, 2.05) is 24.4 Å². The summed E-state index contributed by atoms with van der Waals surface area (Å²) in [6.45, 7) is 4.00. The highest BCUT2D eigenvalue weighted by molar-refractivity contribution is 6.00. The summed E-state index contributed by atoms with van der Waals surface area (Å²) in [4.78, 5) is 19.5. The SMILES string of the molecule is CCc1ncccc1-c1cc(C=O)cc2cc(C3=CCCNC3)[nH]c12. The molecule has 0 radical (unpaired) electrons. The normalized spacial score (nSPS) is 14.5. The lowest BCUT2D eigenvalue weighted by Gasteiger charge is -2.12. The number of carbonyl (C=O) groups is 1. The Morgan fingerprint density at radius 2 is 2.16 bits per heavy atom. The van der Waals surface area contributed by atoms with E-state index in [0.717, 1.165) is 65.6 Å². The predicted molar refractivity (Wildman–Crippen MR) is 102 cm³/mol. The summed E-state index contributed by atoms with van der Waals surface area (Å²) in [6, 6.07) is 10.1. The zero-order chi connectivity index (χ0) is 17.2. The first-order valence-electron chi connectivity index (χ1n) is 8.76. The summed E-state index contributed by atoms with van der Waals surface area (Å²) >= 11 is 0. The van der Waals surface area contributed by atoms with Gasteiger partial charge in [0.15, 0.2) is 0 Å². The molecule has 1 aliphatic heterocycles. The molecule has 3 aromatic rings. The van der Waals surface area contributed by atoms with Crippen LogP contribution in [-0.4, -0.2) is 29.3 Å². The molecule has 0 saturated carbocycles. The minimum Gasteiger partial charge on any atom is -0.354 e. The lowest BCUT2D eigenvalue weighted by molar-refractivity contribution is 0.112. The number of H-pyrrole nitrogens is 1. The molecule has 4 heteroatoms. The van der Waals surface area contributed by atoms with Crippen molar-refractivity contribution in [3.05, 3.63) is 59.6 Å². The standard InChI is InChI=1S/C21H21N3O/c1-2-19-17(6-4-8-23-19)18-10-14(13-25)9-16-11-20(24-21(16)18)15-5-3-7-22-12-15/h4-6,8-11,13,22,24H,2-3,7,12H2,1H3. The number of aromatic amines is 1. The van der Waals surface area contributed by atoms with Crippen molar-refractivity contribution in [3.8, 4) is 11.1 Å². The van der Waals surface area contributed by atoms with Crippen LogP contribution in [0.15, 0.2) is 42.6 Å². The lowest BCUT2D eigenvalue weighted by atomic mass is 9.98. The number of aromatic nitrogens is 2. The van der Waals surface area contributed by atoms with Gasteiger partial charge in [0.25, 0.3) is 0 Å². The van der Waals surface area contributed by atoms with Crippen molar-refractivity contribution < 1.29 is 4.79 Å². The Labute approximate surface area is 147 Å². The van der Waals surface area contributed by atoms with E-state index < -0.39 is 0 Å². The Hall–Kier alpha value is -2.72. The molecule has 1 aromatic carbocycles. The Kier molecular flexibility index (Phi) is 4.20. The van der Waals surface area contributed by atoms with E-state index in [4.69, 9.17) is 0 Å². The number of hydrogen-bond acceptors (Lipinski definition) is 3. The number of nitrogens with one attached hydrogen (secondary N) is 2. The van der Waals surface area contributed by atoms with Crippen molar-refractivity contribution >= 4 is 22.8 Å². The second-order valence-corrected chi connectivity index (χ2v) is 6.38. The second kappa shape index (κ2) is 6.65. The maximum absolute atomic E-state index is 11.4. The molecule has 0 fully saturated rings. The smallest absolute Gasteiger partial charge is 0.150 e. The van der Waals surface area contributed by atoms with Crippen LogP contribution in [0.3, 0.4) is 0 Å². The van der Waals surface area contributed by atoms with E-state index in [0.29, 0.717) is 5.56 Å². The fourth-order valence-corrected chi connectivity index (χ4v) is 3.53. The zero-order valence-electron chi connectivity index (χ0n) is 14.3. The van der Waals surface area contributed by atoms with Crippen LogP contribution < -0.4 is 5.32 Å². The number of carbonyl (C=O) groups excluding carboxylic acids is 1. The summed E-state index contributed by atoms with van der Waals surface area (Å²) < 4.78 is 0. The van der Waals surface area contributed by atoms with Crippen molar-refractivity contribution in [2.75, 3.05) is 13.1 Å². The molecule has 1 aliphatic rings. The van der Waals surface area contributed by atoms with E-state index in [9.17, 15) is 4.79 Å². The molecule has 0 atom stereocenters. The molecule has 2 N–H and O–H groups in total. The first-order chi connectivity index (χ1) is 12.3. The van der Waals surface area contributed by atoms with Gasteiger partial charge in [-0.1, -0.05) is 19.1 Å². The van der Waals surface area contributed by atoms with Crippen molar-refractivity contribution in [1.82, 2.24) is 15.3 Å². The summed E-state index contributed by atoms with van der Waals surface area (Å²) in [5.74, 6) is 0. The largest absolute Gasteiger partial charge is 0.354 e. The van der Waals surface area contributed by atoms with Gasteiger partial charge in [-0.15, -0.1) is 0 Å². The molecule has 4 rings (SSSR count). The fourth-order valence-electron chi connectivity index (χ4n) is 3.53. The van der Waals surface area contributed by atoms with E-state index in [1.165, 1.54) is 5.57 Å². The fraction of sp³-hybridized carbons (Fsp3) is 0.238. The minimum absolute atomic E-state index is 0.690. The predicted octanol–water partition coefficient (Wildman–Crippen LogP) is 3.98. The number of pyridine rings is 1. The molecule has 0 saturated heterocycles. The van der Waals surface area contributed by atoms with Crippen LogP contribution in [0.2, 0.25) is 0 Å². The van der Waals surface area contributed by atoms with E-state index in [1.54, 1.807) is 0 Å². The number of rotatable bonds is 4. The van der Waals surface area contributed by atoms with Crippen LogP contribution in [0.25, 0.3) is 27.6 Å². The minimum atomic E-state index is 0.690. The van der Waals surface area contributed by atoms with Gasteiger partial charge in [-0.3, -0.25) is 9.78 Å². The molecule has 2 aromatic heterocycles. The van der Waals surface area contributed by atoms with E-state index in [-0.39, 0.29) is 0 Å². The average molecular weight is 331 g/mol. The lowest BCUT2D eigenvalue weighted by Crippen LogP contribution is -2.21. The van der Waals surface area contributed by atoms with Crippen LogP contribution in [0.5, 0.6) is 0 Å². The molecule has 4 nitrogen and oxygen atoms in total. The number of hydrogen-bond donors (Lipinski definition) is 2. The first-order valence-corrected chi connectivity index (χ1v) is 8.76. The van der Waals surface area contributed by atoms with Gasteiger partial charge in [-0.25, -0.2) is 0 Å². The summed E-state index contributed by atoms with van der Waals surface area (Å²) in [5, 5.41) is 4.47. The quantitative estimate of drug-likeness (QED) is 0.711. The molecule has 126 valence electrons. The zero-order valence-corrected chi connectivity index (χ0v) is 14.3. The third-order valence-corrected chi connectivity index (χ3v) is 4.78.